The van der Waals surface area contributed by atoms with E-state index in [1.807, 2.05) is 45.0 Å². The van der Waals surface area contributed by atoms with Crippen molar-refractivity contribution in [3.63, 3.8) is 0 Å². The molecule has 6 nitrogen and oxygen atoms in total. The second kappa shape index (κ2) is 9.80. The van der Waals surface area contributed by atoms with Gasteiger partial charge in [-0.25, -0.2) is 0 Å². The van der Waals surface area contributed by atoms with Crippen molar-refractivity contribution in [1.29, 1.82) is 0 Å². The number of para-hydroxylation sites is 2. The lowest BCUT2D eigenvalue weighted by molar-refractivity contribution is -0.118. The highest BCUT2D eigenvalue weighted by Gasteiger charge is 2.11. The molecule has 31 heavy (non-hydrogen) atoms. The molecule has 0 heterocycles. The quantitative estimate of drug-likeness (QED) is 0.573. The van der Waals surface area contributed by atoms with Crippen LogP contribution in [-0.4, -0.2) is 25.5 Å². The molecule has 3 rings (SSSR count). The van der Waals surface area contributed by atoms with Gasteiger partial charge in [0.25, 0.3) is 11.8 Å². The van der Waals surface area contributed by atoms with Crippen LogP contribution in [0, 0.1) is 20.8 Å². The second-order valence-corrected chi connectivity index (χ2v) is 7.30. The molecule has 0 aliphatic heterocycles. The molecule has 0 radical (unpaired) electrons. The van der Waals surface area contributed by atoms with Gasteiger partial charge in [0.1, 0.15) is 11.5 Å². The predicted molar refractivity (Wildman–Crippen MR) is 122 cm³/mol. The summed E-state index contributed by atoms with van der Waals surface area (Å²) in [6, 6.07) is 17.9. The molecule has 160 valence electrons. The highest BCUT2D eigenvalue weighted by molar-refractivity contribution is 6.05. The second-order valence-electron chi connectivity index (χ2n) is 7.30. The van der Waals surface area contributed by atoms with Crippen LogP contribution in [0.4, 0.5) is 11.4 Å². The van der Waals surface area contributed by atoms with Gasteiger partial charge in [0.15, 0.2) is 6.61 Å². The molecule has 2 N–H and O–H groups in total. The summed E-state index contributed by atoms with van der Waals surface area (Å²) in [4.78, 5) is 24.8. The van der Waals surface area contributed by atoms with Crippen LogP contribution in [0.25, 0.3) is 0 Å². The lowest BCUT2D eigenvalue weighted by atomic mass is 10.1. The summed E-state index contributed by atoms with van der Waals surface area (Å²) in [5, 5.41) is 5.60. The highest BCUT2D eigenvalue weighted by Crippen LogP contribution is 2.25. The van der Waals surface area contributed by atoms with Crippen molar-refractivity contribution < 1.29 is 19.1 Å². The van der Waals surface area contributed by atoms with Crippen LogP contribution in [-0.2, 0) is 4.79 Å². The Kier molecular flexibility index (Phi) is 6.92. The molecule has 0 aliphatic carbocycles. The van der Waals surface area contributed by atoms with Gasteiger partial charge in [-0.15, -0.1) is 0 Å². The Balaban J connectivity index is 1.57. The summed E-state index contributed by atoms with van der Waals surface area (Å²) in [5.41, 5.74) is 4.78. The lowest BCUT2D eigenvalue weighted by Gasteiger charge is -2.13. The van der Waals surface area contributed by atoms with Crippen molar-refractivity contribution in [3.05, 3.63) is 82.9 Å². The third kappa shape index (κ3) is 5.63. The van der Waals surface area contributed by atoms with E-state index >= 15 is 0 Å². The molecule has 0 unspecified atom stereocenters. The molecule has 3 aromatic carbocycles. The first-order valence-electron chi connectivity index (χ1n) is 9.92. The number of anilines is 2. The molecule has 0 aromatic heterocycles. The van der Waals surface area contributed by atoms with Gasteiger partial charge >= 0.3 is 0 Å². The number of hydrogen-bond donors (Lipinski definition) is 2. The van der Waals surface area contributed by atoms with Crippen molar-refractivity contribution in [2.24, 2.45) is 0 Å². The molecule has 0 aliphatic rings. The van der Waals surface area contributed by atoms with Crippen molar-refractivity contribution in [1.82, 2.24) is 0 Å². The minimum Gasteiger partial charge on any atom is -0.495 e. The summed E-state index contributed by atoms with van der Waals surface area (Å²) in [5.74, 6) is 0.768. The lowest BCUT2D eigenvalue weighted by Crippen LogP contribution is -2.21. The van der Waals surface area contributed by atoms with Crippen LogP contribution in [0.5, 0.6) is 11.5 Å². The van der Waals surface area contributed by atoms with Gasteiger partial charge in [0.05, 0.1) is 12.8 Å². The van der Waals surface area contributed by atoms with Gasteiger partial charge in [-0.05, 0) is 68.3 Å². The minimum absolute atomic E-state index is 0.0964. The molecule has 0 spiro atoms. The summed E-state index contributed by atoms with van der Waals surface area (Å²) < 4.78 is 11.0. The van der Waals surface area contributed by atoms with E-state index in [1.165, 1.54) is 0 Å². The molecule has 6 heteroatoms. The zero-order valence-electron chi connectivity index (χ0n) is 18.1. The number of carbonyl (C=O) groups excluding carboxylic acids is 2. The minimum atomic E-state index is -0.273. The Hall–Kier alpha value is -3.80. The van der Waals surface area contributed by atoms with E-state index in [0.29, 0.717) is 22.7 Å². The van der Waals surface area contributed by atoms with E-state index in [0.717, 1.165) is 22.4 Å². The molecule has 0 fully saturated rings. The molecule has 3 aromatic rings. The third-order valence-electron chi connectivity index (χ3n) is 4.74. The molecule has 2 amide bonds. The van der Waals surface area contributed by atoms with Crippen molar-refractivity contribution in [2.45, 2.75) is 20.8 Å². The van der Waals surface area contributed by atoms with Crippen LogP contribution in [0.1, 0.15) is 27.0 Å². The maximum atomic E-state index is 12.5. The topological polar surface area (TPSA) is 76.7 Å². The summed E-state index contributed by atoms with van der Waals surface area (Å²) in [6.07, 6.45) is 0. The Morgan fingerprint density at radius 3 is 2.16 bits per heavy atom. The number of hydrogen-bond acceptors (Lipinski definition) is 4. The average Bonchev–Trinajstić information content (AvgIpc) is 2.73. The van der Waals surface area contributed by atoms with Gasteiger partial charge < -0.3 is 20.1 Å². The third-order valence-corrected chi connectivity index (χ3v) is 4.74. The van der Waals surface area contributed by atoms with Crippen LogP contribution >= 0.6 is 0 Å². The first-order valence-corrected chi connectivity index (χ1v) is 9.92. The molecular weight excluding hydrogens is 392 g/mol. The van der Waals surface area contributed by atoms with E-state index in [4.69, 9.17) is 9.47 Å². The summed E-state index contributed by atoms with van der Waals surface area (Å²) >= 11 is 0. The molecule has 0 saturated heterocycles. The predicted octanol–water partition coefficient (Wildman–Crippen LogP) is 4.89. The number of aryl methyl sites for hydroxylation is 3. The van der Waals surface area contributed by atoms with Crippen molar-refractivity contribution >= 4 is 23.2 Å². The van der Waals surface area contributed by atoms with Crippen LogP contribution in [0.2, 0.25) is 0 Å². The summed E-state index contributed by atoms with van der Waals surface area (Å²) in [7, 11) is 1.55. The number of amides is 2. The molecule has 0 bridgehead atoms. The van der Waals surface area contributed by atoms with Gasteiger partial charge in [-0.2, -0.15) is 0 Å². The van der Waals surface area contributed by atoms with Crippen molar-refractivity contribution in [2.75, 3.05) is 24.4 Å². The van der Waals surface area contributed by atoms with Gasteiger partial charge in [-0.1, -0.05) is 29.8 Å². The Bertz CT molecular complexity index is 1070. The number of carbonyl (C=O) groups is 2. The highest BCUT2D eigenvalue weighted by atomic mass is 16.5. The number of nitrogens with one attached hydrogen (secondary N) is 2. The van der Waals surface area contributed by atoms with E-state index in [9.17, 15) is 9.59 Å². The van der Waals surface area contributed by atoms with Crippen molar-refractivity contribution in [3.8, 4) is 11.5 Å². The zero-order chi connectivity index (χ0) is 22.4. The SMILES string of the molecule is COc1ccccc1NC(=O)c1ccc(NC(=O)COc2c(C)cc(C)cc2C)cc1. The maximum absolute atomic E-state index is 12.5. The van der Waals surface area contributed by atoms with E-state index in [-0.39, 0.29) is 18.4 Å². The first-order chi connectivity index (χ1) is 14.9. The fourth-order valence-corrected chi connectivity index (χ4v) is 3.38. The van der Waals surface area contributed by atoms with E-state index in [2.05, 4.69) is 10.6 Å². The fourth-order valence-electron chi connectivity index (χ4n) is 3.38. The van der Waals surface area contributed by atoms with Crippen LogP contribution in [0.3, 0.4) is 0 Å². The number of benzene rings is 3. The first kappa shape index (κ1) is 21.9. The molecule has 0 saturated carbocycles. The van der Waals surface area contributed by atoms with Crippen LogP contribution < -0.4 is 20.1 Å². The normalized spacial score (nSPS) is 10.3. The largest absolute Gasteiger partial charge is 0.495 e. The maximum Gasteiger partial charge on any atom is 0.262 e. The van der Waals surface area contributed by atoms with Gasteiger partial charge in [0.2, 0.25) is 0 Å². The monoisotopic (exact) mass is 418 g/mol. The van der Waals surface area contributed by atoms with E-state index < -0.39 is 0 Å². The average molecular weight is 418 g/mol. The fraction of sp³-hybridized carbons (Fsp3) is 0.200. The zero-order valence-corrected chi connectivity index (χ0v) is 18.1. The number of rotatable bonds is 7. The summed E-state index contributed by atoms with van der Waals surface area (Å²) in [6.45, 7) is 5.85. The Labute approximate surface area is 182 Å². The van der Waals surface area contributed by atoms with E-state index in [1.54, 1.807) is 43.5 Å². The number of ether oxygens (including phenoxy) is 2. The van der Waals surface area contributed by atoms with Crippen LogP contribution in [0.15, 0.2) is 60.7 Å². The molecule has 0 atom stereocenters. The van der Waals surface area contributed by atoms with Gasteiger partial charge in [-0.3, -0.25) is 9.59 Å². The Morgan fingerprint density at radius 1 is 0.871 bits per heavy atom. The molecular formula is C25H26N2O4. The number of methoxy groups -OCH3 is 1. The van der Waals surface area contributed by atoms with Gasteiger partial charge in [0, 0.05) is 11.3 Å². The smallest absolute Gasteiger partial charge is 0.262 e. The Morgan fingerprint density at radius 2 is 1.52 bits per heavy atom. The standard InChI is InChI=1S/C25H26N2O4/c1-16-13-17(2)24(18(3)14-16)31-15-23(28)26-20-11-9-19(10-12-20)25(29)27-21-7-5-6-8-22(21)30-4/h5-14H,15H2,1-4H3,(H,26,28)(H,27,29).